The van der Waals surface area contributed by atoms with Gasteiger partial charge in [-0.05, 0) is 68.0 Å². The number of carbonyl (C=O) groups is 3. The molecule has 0 spiro atoms. The maximum absolute atomic E-state index is 14.2. The highest BCUT2D eigenvalue weighted by Gasteiger charge is 2.56. The molecule has 11 heteroatoms. The molecule has 1 atom stereocenters. The molecule has 0 saturated carbocycles. The lowest BCUT2D eigenvalue weighted by molar-refractivity contribution is -0.124. The van der Waals surface area contributed by atoms with Crippen molar-refractivity contribution in [2.45, 2.75) is 32.5 Å². The van der Waals surface area contributed by atoms with Crippen molar-refractivity contribution >= 4 is 63.2 Å². The van der Waals surface area contributed by atoms with E-state index < -0.39 is 29.7 Å². The first kappa shape index (κ1) is 31.1. The molecule has 238 valence electrons. The molecule has 11 nitrogen and oxygen atoms in total. The van der Waals surface area contributed by atoms with Gasteiger partial charge in [0.15, 0.2) is 6.17 Å². The summed E-state index contributed by atoms with van der Waals surface area (Å²) in [6.45, 7) is 4.84. The van der Waals surface area contributed by atoms with Gasteiger partial charge in [-0.15, -0.1) is 0 Å². The summed E-state index contributed by atoms with van der Waals surface area (Å²) in [5.74, 6) is 0.853. The zero-order chi connectivity index (χ0) is 33.1. The SMILES string of the molecule is Cc1ccc(/C=C/C=N/NC(=O)CN2C(=O)N(c3cccc4ccccc34)C(N(O)C(=O)Nc3cccc4ccccc34)C2(C)C)o1. The standard InChI is InChI=1S/C36H34N6O5/c1-24-20-21-27(47-24)15-10-22-37-39-32(43)23-40-35(45)41(31-19-9-14-26-12-5-7-17-29(26)31)33(36(40,2)3)42(46)34(44)38-30-18-8-13-25-11-4-6-16-28(25)30/h4-22,33,46H,23H2,1-3H3,(H,38,44)(H,39,43)/b15-10+,37-22+. The van der Waals surface area contributed by atoms with Crippen LogP contribution in [0.3, 0.4) is 0 Å². The van der Waals surface area contributed by atoms with Crippen molar-refractivity contribution in [3.63, 3.8) is 0 Å². The van der Waals surface area contributed by atoms with Gasteiger partial charge in [-0.1, -0.05) is 72.8 Å². The lowest BCUT2D eigenvalue weighted by Crippen LogP contribution is -2.58. The molecular weight excluding hydrogens is 596 g/mol. The second-order valence-corrected chi connectivity index (χ2v) is 11.7. The number of hydrazone groups is 1. The molecule has 0 bridgehead atoms. The summed E-state index contributed by atoms with van der Waals surface area (Å²) in [6.07, 6.45) is 3.47. The average Bonchev–Trinajstić information content (AvgIpc) is 3.57. The van der Waals surface area contributed by atoms with Gasteiger partial charge in [-0.3, -0.25) is 14.9 Å². The van der Waals surface area contributed by atoms with Crippen molar-refractivity contribution in [2.75, 3.05) is 16.8 Å². The largest absolute Gasteiger partial charge is 0.462 e. The first-order chi connectivity index (χ1) is 22.6. The molecule has 5 amide bonds. The predicted octanol–water partition coefficient (Wildman–Crippen LogP) is 6.98. The second kappa shape index (κ2) is 12.8. The Balaban J connectivity index is 1.29. The van der Waals surface area contributed by atoms with Crippen molar-refractivity contribution in [3.05, 3.63) is 115 Å². The number of benzene rings is 4. The molecule has 2 heterocycles. The lowest BCUT2D eigenvalue weighted by Gasteiger charge is -2.38. The molecule has 3 N–H and O–H groups in total. The molecule has 0 aliphatic carbocycles. The molecule has 1 aromatic heterocycles. The zero-order valence-electron chi connectivity index (χ0n) is 26.1. The van der Waals surface area contributed by atoms with Gasteiger partial charge in [0.05, 0.1) is 16.9 Å². The van der Waals surface area contributed by atoms with E-state index in [1.54, 1.807) is 44.2 Å². The Labute approximate surface area is 271 Å². The molecule has 6 rings (SSSR count). The topological polar surface area (TPSA) is 131 Å². The summed E-state index contributed by atoms with van der Waals surface area (Å²) in [6, 6.07) is 28.2. The Bertz CT molecular complexity index is 2020. The lowest BCUT2D eigenvalue weighted by atomic mass is 9.99. The number of allylic oxidation sites excluding steroid dienone is 1. The van der Waals surface area contributed by atoms with Crippen molar-refractivity contribution in [1.82, 2.24) is 15.4 Å². The molecule has 4 aromatic carbocycles. The van der Waals surface area contributed by atoms with Crippen LogP contribution in [0.15, 0.2) is 113 Å². The Hall–Kier alpha value is -5.94. The average molecular weight is 631 g/mol. The van der Waals surface area contributed by atoms with Gasteiger partial charge in [0.1, 0.15) is 18.1 Å². The van der Waals surface area contributed by atoms with Gasteiger partial charge < -0.3 is 14.6 Å². The van der Waals surface area contributed by atoms with Crippen LogP contribution in [0.4, 0.5) is 21.0 Å². The molecule has 1 unspecified atom stereocenters. The second-order valence-electron chi connectivity index (χ2n) is 11.7. The minimum atomic E-state index is -1.25. The number of hydrogen-bond acceptors (Lipinski definition) is 6. The number of hydrogen-bond donors (Lipinski definition) is 3. The van der Waals surface area contributed by atoms with Crippen LogP contribution in [0, 0.1) is 6.92 Å². The van der Waals surface area contributed by atoms with Crippen molar-refractivity contribution in [3.8, 4) is 0 Å². The minimum absolute atomic E-state index is 0.388. The van der Waals surface area contributed by atoms with Gasteiger partial charge in [0, 0.05) is 17.0 Å². The van der Waals surface area contributed by atoms with Crippen LogP contribution in [0.25, 0.3) is 27.6 Å². The van der Waals surface area contributed by atoms with E-state index in [4.69, 9.17) is 4.42 Å². The first-order valence-corrected chi connectivity index (χ1v) is 15.1. The van der Waals surface area contributed by atoms with E-state index in [1.807, 2.05) is 85.8 Å². The summed E-state index contributed by atoms with van der Waals surface area (Å²) in [5.41, 5.74) is 2.16. The van der Waals surface area contributed by atoms with Crippen LogP contribution in [-0.4, -0.2) is 57.6 Å². The highest BCUT2D eigenvalue weighted by molar-refractivity contribution is 6.07. The van der Waals surface area contributed by atoms with E-state index >= 15 is 0 Å². The number of rotatable bonds is 8. The van der Waals surface area contributed by atoms with Gasteiger partial charge >= 0.3 is 12.1 Å². The van der Waals surface area contributed by atoms with Gasteiger partial charge in [-0.2, -0.15) is 10.2 Å². The molecule has 1 aliphatic rings. The third kappa shape index (κ3) is 6.16. The Morgan fingerprint density at radius 3 is 2.32 bits per heavy atom. The first-order valence-electron chi connectivity index (χ1n) is 15.1. The smallest absolute Gasteiger partial charge is 0.347 e. The predicted molar refractivity (Wildman–Crippen MR) is 182 cm³/mol. The highest BCUT2D eigenvalue weighted by atomic mass is 16.5. The van der Waals surface area contributed by atoms with Crippen LogP contribution in [0.1, 0.15) is 25.4 Å². The number of anilines is 2. The van der Waals surface area contributed by atoms with Crippen molar-refractivity contribution < 1.29 is 24.0 Å². The zero-order valence-corrected chi connectivity index (χ0v) is 26.1. The van der Waals surface area contributed by atoms with E-state index in [-0.39, 0.29) is 6.54 Å². The van der Waals surface area contributed by atoms with Crippen LogP contribution < -0.4 is 15.6 Å². The van der Waals surface area contributed by atoms with E-state index in [1.165, 1.54) is 16.0 Å². The Morgan fingerprint density at radius 1 is 0.936 bits per heavy atom. The number of fused-ring (bicyclic) bond motifs is 2. The molecule has 1 fully saturated rings. The summed E-state index contributed by atoms with van der Waals surface area (Å²) < 4.78 is 5.47. The molecule has 1 aliphatic heterocycles. The number of hydroxylamine groups is 2. The summed E-state index contributed by atoms with van der Waals surface area (Å²) >= 11 is 0. The van der Waals surface area contributed by atoms with Crippen LogP contribution in [0.5, 0.6) is 0 Å². The highest BCUT2D eigenvalue weighted by Crippen LogP contribution is 2.40. The molecule has 5 aromatic rings. The molecule has 1 saturated heterocycles. The van der Waals surface area contributed by atoms with E-state index in [0.29, 0.717) is 22.2 Å². The fourth-order valence-corrected chi connectivity index (χ4v) is 5.90. The monoisotopic (exact) mass is 630 g/mol. The number of nitrogens with one attached hydrogen (secondary N) is 2. The number of furan rings is 1. The third-order valence-corrected chi connectivity index (χ3v) is 8.18. The maximum Gasteiger partial charge on any atom is 0.347 e. The summed E-state index contributed by atoms with van der Waals surface area (Å²) in [4.78, 5) is 43.7. The quantitative estimate of drug-likeness (QED) is 0.0968. The number of urea groups is 2. The van der Waals surface area contributed by atoms with E-state index in [9.17, 15) is 19.6 Å². The molecule has 0 radical (unpaired) electrons. The third-order valence-electron chi connectivity index (χ3n) is 8.18. The van der Waals surface area contributed by atoms with Crippen molar-refractivity contribution in [2.24, 2.45) is 5.10 Å². The van der Waals surface area contributed by atoms with Crippen LogP contribution in [-0.2, 0) is 4.79 Å². The number of aryl methyl sites for hydroxylation is 1. The maximum atomic E-state index is 14.2. The molecule has 47 heavy (non-hydrogen) atoms. The number of nitrogens with zero attached hydrogens (tertiary/aromatic N) is 4. The Kier molecular flexibility index (Phi) is 8.47. The minimum Gasteiger partial charge on any atom is -0.462 e. The fraction of sp³-hybridized carbons (Fsp3) is 0.167. The summed E-state index contributed by atoms with van der Waals surface area (Å²) in [7, 11) is 0. The van der Waals surface area contributed by atoms with E-state index in [2.05, 4.69) is 15.8 Å². The van der Waals surface area contributed by atoms with Gasteiger partial charge in [0.25, 0.3) is 5.91 Å². The van der Waals surface area contributed by atoms with Crippen LogP contribution in [0.2, 0.25) is 0 Å². The van der Waals surface area contributed by atoms with E-state index in [0.717, 1.165) is 27.3 Å². The number of amides is 5. The Morgan fingerprint density at radius 2 is 1.60 bits per heavy atom. The van der Waals surface area contributed by atoms with Gasteiger partial charge in [0.2, 0.25) is 0 Å². The molecular formula is C36H34N6O5. The summed E-state index contributed by atoms with van der Waals surface area (Å²) in [5, 5.41) is 22.2. The van der Waals surface area contributed by atoms with Crippen molar-refractivity contribution in [1.29, 1.82) is 0 Å². The van der Waals surface area contributed by atoms with Crippen LogP contribution >= 0.6 is 0 Å². The van der Waals surface area contributed by atoms with Gasteiger partial charge in [-0.25, -0.2) is 15.0 Å². The number of carbonyl (C=O) groups excluding carboxylic acids is 3. The normalized spacial score (nSPS) is 16.1. The fourth-order valence-electron chi connectivity index (χ4n) is 5.90.